The van der Waals surface area contributed by atoms with Gasteiger partial charge in [0.15, 0.2) is 11.5 Å². The Hall–Kier alpha value is -3.50. The fourth-order valence-corrected chi connectivity index (χ4v) is 5.68. The molecule has 0 aliphatic carbocycles. The van der Waals surface area contributed by atoms with Crippen LogP contribution in [0.5, 0.6) is 11.5 Å². The second-order valence-corrected chi connectivity index (χ2v) is 9.13. The zero-order chi connectivity index (χ0) is 25.1. The van der Waals surface area contributed by atoms with Gasteiger partial charge in [0.25, 0.3) is 0 Å². The summed E-state index contributed by atoms with van der Waals surface area (Å²) in [4.78, 5) is 41.6. The number of benzene rings is 2. The smallest absolute Gasteiger partial charge is 0.250 e. The molecular weight excluding hydrogens is 457 g/mol. The van der Waals surface area contributed by atoms with E-state index >= 15 is 0 Å². The molecule has 3 aliphatic heterocycles. The van der Waals surface area contributed by atoms with Crippen molar-refractivity contribution in [3.8, 4) is 11.5 Å². The first-order chi connectivity index (χ1) is 16.7. The molecule has 2 aromatic carbocycles. The first kappa shape index (κ1) is 23.3. The number of nitrogens with one attached hydrogen (secondary N) is 2. The lowest BCUT2D eigenvalue weighted by Crippen LogP contribution is -2.55. The van der Waals surface area contributed by atoms with E-state index in [-0.39, 0.29) is 12.1 Å². The maximum absolute atomic E-state index is 14.2. The van der Waals surface area contributed by atoms with Crippen LogP contribution in [0.25, 0.3) is 0 Å². The average Bonchev–Trinajstić information content (AvgIpc) is 3.43. The van der Waals surface area contributed by atoms with Gasteiger partial charge in [0.2, 0.25) is 17.7 Å². The number of ether oxygens (including phenoxy) is 2. The van der Waals surface area contributed by atoms with E-state index in [4.69, 9.17) is 9.47 Å². The number of fused-ring (bicyclic) bond motifs is 4. The van der Waals surface area contributed by atoms with Crippen molar-refractivity contribution in [3.63, 3.8) is 0 Å². The second-order valence-electron chi connectivity index (χ2n) is 9.13. The number of aliphatic hydroxyl groups is 1. The zero-order valence-electron chi connectivity index (χ0n) is 19.5. The Labute approximate surface area is 201 Å². The molecule has 3 aliphatic rings. The summed E-state index contributed by atoms with van der Waals surface area (Å²) in [5, 5.41) is 16.2. The van der Waals surface area contributed by atoms with Crippen molar-refractivity contribution in [2.24, 2.45) is 11.8 Å². The molecule has 3 heterocycles. The van der Waals surface area contributed by atoms with Gasteiger partial charge in [0.1, 0.15) is 11.4 Å². The monoisotopic (exact) mass is 483 g/mol. The third kappa shape index (κ3) is 3.31. The molecule has 3 N–H and O–H groups in total. The molecule has 3 amide bonds. The summed E-state index contributed by atoms with van der Waals surface area (Å²) in [7, 11) is 3.05. The van der Waals surface area contributed by atoms with Gasteiger partial charge in [0, 0.05) is 23.8 Å². The molecule has 0 saturated carbocycles. The van der Waals surface area contributed by atoms with Crippen molar-refractivity contribution in [2.45, 2.75) is 31.0 Å². The number of amides is 3. The van der Waals surface area contributed by atoms with Crippen molar-refractivity contribution >= 4 is 23.4 Å². The zero-order valence-corrected chi connectivity index (χ0v) is 19.5. The van der Waals surface area contributed by atoms with Crippen LogP contribution in [0.4, 0.5) is 10.1 Å². The number of carbonyl (C=O) groups excluding carboxylic acids is 3. The molecule has 0 aromatic heterocycles. The SMILES string of the molecule is COc1ccc(CCN2C(=O)[C@@H]3[C@H]([C@@H](C)O)N[C@]4(C(=O)Nc5ccc(F)cc54)[C@@H]3C2=O)cc1OC. The standard InChI is InChI=1S/C25H26FN3O6/c1-12(30)21-19-20(25(28-21)15-11-14(26)5-6-16(15)27-24(25)33)23(32)29(22(19)31)9-8-13-4-7-17(34-2)18(10-13)35-3/h4-7,10-12,19-21,28,30H,8-9H2,1-3H3,(H,27,33)/t12-,19+,20+,21+,25+/m1/s1. The van der Waals surface area contributed by atoms with Crippen molar-refractivity contribution in [1.82, 2.24) is 10.2 Å². The molecular formula is C25H26FN3O6. The summed E-state index contributed by atoms with van der Waals surface area (Å²) in [5.41, 5.74) is -0.179. The van der Waals surface area contributed by atoms with Crippen LogP contribution >= 0.6 is 0 Å². The van der Waals surface area contributed by atoms with Gasteiger partial charge in [-0.15, -0.1) is 0 Å². The Bertz CT molecular complexity index is 1230. The normalized spacial score (nSPS) is 27.7. The van der Waals surface area contributed by atoms with E-state index in [0.29, 0.717) is 23.6 Å². The predicted octanol–water partition coefficient (Wildman–Crippen LogP) is 1.19. The number of aliphatic hydroxyl groups excluding tert-OH is 1. The number of likely N-dealkylation sites (tertiary alicyclic amines) is 1. The van der Waals surface area contributed by atoms with Crippen molar-refractivity contribution in [1.29, 1.82) is 0 Å². The summed E-state index contributed by atoms with van der Waals surface area (Å²) < 4.78 is 24.8. The molecule has 2 aromatic rings. The number of imide groups is 1. The summed E-state index contributed by atoms with van der Waals surface area (Å²) in [6, 6.07) is 8.32. The maximum atomic E-state index is 14.2. The average molecular weight is 483 g/mol. The molecule has 10 heteroatoms. The van der Waals surface area contributed by atoms with Gasteiger partial charge < -0.3 is 19.9 Å². The lowest BCUT2D eigenvalue weighted by molar-refractivity contribution is -0.143. The van der Waals surface area contributed by atoms with Gasteiger partial charge in [-0.1, -0.05) is 6.07 Å². The van der Waals surface area contributed by atoms with Gasteiger partial charge in [-0.2, -0.15) is 0 Å². The fourth-order valence-electron chi connectivity index (χ4n) is 5.68. The number of methoxy groups -OCH3 is 2. The highest BCUT2D eigenvalue weighted by Gasteiger charge is 2.71. The van der Waals surface area contributed by atoms with Crippen molar-refractivity contribution in [2.75, 3.05) is 26.1 Å². The Kier molecular flexibility index (Phi) is 5.52. The molecule has 0 radical (unpaired) electrons. The minimum absolute atomic E-state index is 0.0837. The maximum Gasteiger partial charge on any atom is 0.250 e. The van der Waals surface area contributed by atoms with Gasteiger partial charge in [-0.25, -0.2) is 4.39 Å². The number of hydrogen-bond acceptors (Lipinski definition) is 7. The lowest BCUT2D eigenvalue weighted by atomic mass is 9.76. The minimum atomic E-state index is -1.64. The number of halogens is 1. The summed E-state index contributed by atoms with van der Waals surface area (Å²) >= 11 is 0. The third-order valence-corrected chi connectivity index (χ3v) is 7.29. The van der Waals surface area contributed by atoms with Crippen LogP contribution in [0.15, 0.2) is 36.4 Å². The Balaban J connectivity index is 1.49. The topological polar surface area (TPSA) is 117 Å². The van der Waals surface area contributed by atoms with Gasteiger partial charge in [-0.05, 0) is 49.2 Å². The first-order valence-corrected chi connectivity index (χ1v) is 11.4. The largest absolute Gasteiger partial charge is 0.493 e. The van der Waals surface area contributed by atoms with Crippen LogP contribution in [0.1, 0.15) is 18.1 Å². The van der Waals surface area contributed by atoms with Crippen LogP contribution in [0.3, 0.4) is 0 Å². The highest BCUT2D eigenvalue weighted by atomic mass is 19.1. The first-order valence-electron chi connectivity index (χ1n) is 11.4. The molecule has 5 rings (SSSR count). The molecule has 0 unspecified atom stereocenters. The number of carbonyl (C=O) groups is 3. The number of hydrogen-bond donors (Lipinski definition) is 3. The lowest BCUT2D eigenvalue weighted by Gasteiger charge is -2.30. The second kappa shape index (κ2) is 8.31. The predicted molar refractivity (Wildman–Crippen MR) is 122 cm³/mol. The summed E-state index contributed by atoms with van der Waals surface area (Å²) in [6.45, 7) is 1.58. The summed E-state index contributed by atoms with van der Waals surface area (Å²) in [6.07, 6.45) is -0.677. The van der Waals surface area contributed by atoms with Gasteiger partial charge in [-0.3, -0.25) is 24.6 Å². The molecule has 0 bridgehead atoms. The number of nitrogens with zero attached hydrogens (tertiary/aromatic N) is 1. The van der Waals surface area contributed by atoms with E-state index < -0.39 is 53.1 Å². The van der Waals surface area contributed by atoms with E-state index in [1.807, 2.05) is 6.07 Å². The van der Waals surface area contributed by atoms with Crippen LogP contribution in [0, 0.1) is 17.7 Å². The molecule has 184 valence electrons. The Morgan fingerprint density at radius 2 is 1.83 bits per heavy atom. The fraction of sp³-hybridized carbons (Fsp3) is 0.400. The van der Waals surface area contributed by atoms with E-state index in [9.17, 15) is 23.9 Å². The quantitative estimate of drug-likeness (QED) is 0.529. The van der Waals surface area contributed by atoms with Crippen LogP contribution in [-0.4, -0.2) is 60.6 Å². The highest BCUT2D eigenvalue weighted by molar-refractivity contribution is 6.15. The molecule has 9 nitrogen and oxygen atoms in total. The minimum Gasteiger partial charge on any atom is -0.493 e. The van der Waals surface area contributed by atoms with E-state index in [2.05, 4.69) is 10.6 Å². The molecule has 2 saturated heterocycles. The van der Waals surface area contributed by atoms with E-state index in [1.54, 1.807) is 12.1 Å². The van der Waals surface area contributed by atoms with Gasteiger partial charge >= 0.3 is 0 Å². The van der Waals surface area contributed by atoms with Crippen LogP contribution in [-0.2, 0) is 26.3 Å². The van der Waals surface area contributed by atoms with Crippen molar-refractivity contribution in [3.05, 3.63) is 53.3 Å². The van der Waals surface area contributed by atoms with Crippen LogP contribution in [0.2, 0.25) is 0 Å². The molecule has 5 atom stereocenters. The van der Waals surface area contributed by atoms with Crippen LogP contribution < -0.4 is 20.1 Å². The van der Waals surface area contributed by atoms with Crippen molar-refractivity contribution < 1.29 is 33.4 Å². The van der Waals surface area contributed by atoms with E-state index in [0.717, 1.165) is 10.5 Å². The Morgan fingerprint density at radius 1 is 1.09 bits per heavy atom. The highest BCUT2D eigenvalue weighted by Crippen LogP contribution is 2.53. The molecule has 2 fully saturated rings. The molecule has 35 heavy (non-hydrogen) atoms. The number of rotatable bonds is 6. The van der Waals surface area contributed by atoms with Gasteiger partial charge in [0.05, 0.1) is 32.2 Å². The Morgan fingerprint density at radius 3 is 2.51 bits per heavy atom. The molecule has 1 spiro atoms. The number of anilines is 1. The summed E-state index contributed by atoms with van der Waals surface area (Å²) in [5.74, 6) is -3.09. The third-order valence-electron chi connectivity index (χ3n) is 7.29. The van der Waals surface area contributed by atoms with E-state index in [1.165, 1.54) is 39.3 Å².